The number of ether oxygens (including phenoxy) is 2. The van der Waals surface area contributed by atoms with Crippen LogP contribution < -0.4 is 10.1 Å². The van der Waals surface area contributed by atoms with E-state index in [0.29, 0.717) is 23.4 Å². The number of Topliss-reactive ketones (excluding diaryl/α,β-unsaturated/α-hetero) is 1. The highest BCUT2D eigenvalue weighted by atomic mass is 16.5. The molecule has 0 bridgehead atoms. The summed E-state index contributed by atoms with van der Waals surface area (Å²) in [6.07, 6.45) is 2.49. The van der Waals surface area contributed by atoms with Crippen LogP contribution in [0.3, 0.4) is 0 Å². The van der Waals surface area contributed by atoms with Gasteiger partial charge < -0.3 is 14.8 Å². The van der Waals surface area contributed by atoms with E-state index in [0.717, 1.165) is 16.8 Å². The lowest BCUT2D eigenvalue weighted by Crippen LogP contribution is -2.42. The van der Waals surface area contributed by atoms with Gasteiger partial charge in [0.25, 0.3) is 0 Å². The summed E-state index contributed by atoms with van der Waals surface area (Å²) in [6, 6.07) is 17.7. The molecular weight excluding hydrogens is 414 g/mol. The Kier molecular flexibility index (Phi) is 6.68. The number of ketones is 1. The Bertz CT molecular complexity index is 1100. The molecule has 1 aliphatic heterocycles. The van der Waals surface area contributed by atoms with Gasteiger partial charge in [-0.25, -0.2) is 4.79 Å². The van der Waals surface area contributed by atoms with Crippen LogP contribution >= 0.6 is 0 Å². The Morgan fingerprint density at radius 3 is 2.45 bits per heavy atom. The van der Waals surface area contributed by atoms with Gasteiger partial charge in [-0.05, 0) is 39.3 Å². The van der Waals surface area contributed by atoms with Crippen molar-refractivity contribution in [2.75, 3.05) is 6.61 Å². The predicted octanol–water partition coefficient (Wildman–Crippen LogP) is 5.25. The third-order valence-corrected chi connectivity index (χ3v) is 6.20. The first kappa shape index (κ1) is 22.8. The summed E-state index contributed by atoms with van der Waals surface area (Å²) in [4.78, 5) is 26.8. The number of rotatable bonds is 6. The Balaban J connectivity index is 1.86. The monoisotopic (exact) mass is 445 g/mol. The van der Waals surface area contributed by atoms with E-state index in [-0.39, 0.29) is 24.4 Å². The molecule has 2 aromatic rings. The van der Waals surface area contributed by atoms with E-state index in [4.69, 9.17) is 9.47 Å². The minimum atomic E-state index is -0.495. The molecule has 33 heavy (non-hydrogen) atoms. The topological polar surface area (TPSA) is 64.6 Å². The van der Waals surface area contributed by atoms with E-state index < -0.39 is 17.8 Å². The lowest BCUT2D eigenvalue weighted by atomic mass is 9.68. The maximum absolute atomic E-state index is 13.7. The molecule has 1 aliphatic carbocycles. The highest BCUT2D eigenvalue weighted by Crippen LogP contribution is 2.48. The van der Waals surface area contributed by atoms with E-state index in [2.05, 4.69) is 11.4 Å². The molecule has 172 valence electrons. The SMILES string of the molecule is CCOC(=O)C1=C(C)NC2=CC(c3ccccc3)CC(=O)C2C1c1ccccc1OC(C)C. The number of fused-ring (bicyclic) bond motifs is 1. The van der Waals surface area contributed by atoms with Gasteiger partial charge in [0.1, 0.15) is 11.5 Å². The van der Waals surface area contributed by atoms with Crippen LogP contribution in [0.5, 0.6) is 5.75 Å². The number of benzene rings is 2. The summed E-state index contributed by atoms with van der Waals surface area (Å²) in [6.45, 7) is 7.86. The van der Waals surface area contributed by atoms with E-state index >= 15 is 0 Å². The molecule has 0 saturated heterocycles. The van der Waals surface area contributed by atoms with Gasteiger partial charge in [-0.1, -0.05) is 54.6 Å². The first-order chi connectivity index (χ1) is 15.9. The number of carbonyl (C=O) groups is 2. The number of allylic oxidation sites excluding steroid dienone is 3. The number of hydrogen-bond donors (Lipinski definition) is 1. The predicted molar refractivity (Wildman–Crippen MR) is 128 cm³/mol. The maximum Gasteiger partial charge on any atom is 0.336 e. The number of hydrogen-bond acceptors (Lipinski definition) is 5. The van der Waals surface area contributed by atoms with Crippen LogP contribution in [-0.4, -0.2) is 24.5 Å². The second-order valence-electron chi connectivity index (χ2n) is 8.85. The molecular formula is C28H31NO4. The molecule has 0 aromatic heterocycles. The standard InChI is InChI=1S/C28H31NO4/c1-5-32-28(31)25-18(4)29-22-15-20(19-11-7-6-8-12-19)16-23(30)27(22)26(25)21-13-9-10-14-24(21)33-17(2)3/h6-15,17,20,26-27,29H,5,16H2,1-4H3. The van der Waals surface area contributed by atoms with Gasteiger partial charge in [-0.2, -0.15) is 0 Å². The summed E-state index contributed by atoms with van der Waals surface area (Å²) >= 11 is 0. The molecule has 0 amide bonds. The third-order valence-electron chi connectivity index (χ3n) is 6.20. The molecule has 2 aliphatic rings. The molecule has 2 aromatic carbocycles. The zero-order chi connectivity index (χ0) is 23.5. The van der Waals surface area contributed by atoms with Crippen LogP contribution in [0.2, 0.25) is 0 Å². The normalized spacial score (nSPS) is 22.4. The fourth-order valence-electron chi connectivity index (χ4n) is 4.90. The number of para-hydroxylation sites is 1. The van der Waals surface area contributed by atoms with Crippen LogP contribution in [0.25, 0.3) is 0 Å². The summed E-state index contributed by atoms with van der Waals surface area (Å²) in [5.74, 6) is -0.583. The van der Waals surface area contributed by atoms with Crippen LogP contribution in [0, 0.1) is 5.92 Å². The van der Waals surface area contributed by atoms with Crippen LogP contribution in [0.4, 0.5) is 0 Å². The van der Waals surface area contributed by atoms with Gasteiger partial charge in [0.15, 0.2) is 0 Å². The van der Waals surface area contributed by atoms with Crippen molar-refractivity contribution in [3.63, 3.8) is 0 Å². The summed E-state index contributed by atoms with van der Waals surface area (Å²) in [5.41, 5.74) is 3.98. The number of esters is 1. The lowest BCUT2D eigenvalue weighted by molar-refractivity contribution is -0.139. The molecule has 1 heterocycles. The Labute approximate surface area is 195 Å². The van der Waals surface area contributed by atoms with Gasteiger partial charge in [0.05, 0.1) is 24.2 Å². The fraction of sp³-hybridized carbons (Fsp3) is 0.357. The van der Waals surface area contributed by atoms with Crippen molar-refractivity contribution >= 4 is 11.8 Å². The van der Waals surface area contributed by atoms with Crippen molar-refractivity contribution in [1.82, 2.24) is 5.32 Å². The Morgan fingerprint density at radius 1 is 1.06 bits per heavy atom. The zero-order valence-corrected chi connectivity index (χ0v) is 19.6. The molecule has 5 heteroatoms. The van der Waals surface area contributed by atoms with E-state index in [1.165, 1.54) is 0 Å². The Morgan fingerprint density at radius 2 is 1.76 bits per heavy atom. The maximum atomic E-state index is 13.7. The molecule has 4 rings (SSSR count). The first-order valence-electron chi connectivity index (χ1n) is 11.6. The molecule has 0 spiro atoms. The number of carbonyl (C=O) groups excluding carboxylic acids is 2. The van der Waals surface area contributed by atoms with Crippen molar-refractivity contribution in [3.8, 4) is 5.75 Å². The largest absolute Gasteiger partial charge is 0.491 e. The van der Waals surface area contributed by atoms with Gasteiger partial charge in [-0.3, -0.25) is 4.79 Å². The highest BCUT2D eigenvalue weighted by Gasteiger charge is 2.45. The summed E-state index contributed by atoms with van der Waals surface area (Å²) in [7, 11) is 0. The minimum absolute atomic E-state index is 0.00259. The van der Waals surface area contributed by atoms with Crippen LogP contribution in [0.15, 0.2) is 77.6 Å². The summed E-state index contributed by atoms with van der Waals surface area (Å²) < 4.78 is 11.5. The minimum Gasteiger partial charge on any atom is -0.491 e. The second kappa shape index (κ2) is 9.65. The average molecular weight is 446 g/mol. The van der Waals surface area contributed by atoms with E-state index in [1.54, 1.807) is 6.92 Å². The highest BCUT2D eigenvalue weighted by molar-refractivity contribution is 5.96. The van der Waals surface area contributed by atoms with Gasteiger partial charge in [0, 0.05) is 35.2 Å². The molecule has 3 atom stereocenters. The van der Waals surface area contributed by atoms with E-state index in [1.807, 2.05) is 75.4 Å². The Hall–Kier alpha value is -3.34. The van der Waals surface area contributed by atoms with Crippen LogP contribution in [-0.2, 0) is 14.3 Å². The van der Waals surface area contributed by atoms with Gasteiger partial charge in [-0.15, -0.1) is 0 Å². The fourth-order valence-corrected chi connectivity index (χ4v) is 4.90. The summed E-state index contributed by atoms with van der Waals surface area (Å²) in [5, 5.41) is 3.38. The zero-order valence-electron chi connectivity index (χ0n) is 19.6. The smallest absolute Gasteiger partial charge is 0.336 e. The van der Waals surface area contributed by atoms with Crippen molar-refractivity contribution in [3.05, 3.63) is 88.8 Å². The van der Waals surface area contributed by atoms with Crippen molar-refractivity contribution in [2.24, 2.45) is 5.92 Å². The molecule has 1 N–H and O–H groups in total. The van der Waals surface area contributed by atoms with Crippen molar-refractivity contribution < 1.29 is 19.1 Å². The molecule has 5 nitrogen and oxygen atoms in total. The first-order valence-corrected chi connectivity index (χ1v) is 11.6. The number of nitrogens with one attached hydrogen (secondary N) is 1. The second-order valence-corrected chi connectivity index (χ2v) is 8.85. The lowest BCUT2D eigenvalue weighted by Gasteiger charge is -2.40. The van der Waals surface area contributed by atoms with Crippen LogP contribution in [0.1, 0.15) is 57.1 Å². The van der Waals surface area contributed by atoms with Crippen molar-refractivity contribution in [1.29, 1.82) is 0 Å². The van der Waals surface area contributed by atoms with Crippen molar-refractivity contribution in [2.45, 2.75) is 52.1 Å². The molecule has 3 unspecified atom stereocenters. The quantitative estimate of drug-likeness (QED) is 0.615. The third kappa shape index (κ3) is 4.58. The average Bonchev–Trinajstić information content (AvgIpc) is 2.78. The van der Waals surface area contributed by atoms with Gasteiger partial charge in [0.2, 0.25) is 0 Å². The van der Waals surface area contributed by atoms with Gasteiger partial charge >= 0.3 is 5.97 Å². The molecule has 0 fully saturated rings. The molecule has 0 saturated carbocycles. The molecule has 0 radical (unpaired) electrons. The van der Waals surface area contributed by atoms with E-state index in [9.17, 15) is 9.59 Å².